The van der Waals surface area contributed by atoms with Crippen LogP contribution in [0.15, 0.2) is 71.1 Å². The van der Waals surface area contributed by atoms with E-state index in [-0.39, 0.29) is 30.2 Å². The van der Waals surface area contributed by atoms with E-state index in [4.69, 9.17) is 13.9 Å². The Morgan fingerprint density at radius 1 is 1.07 bits per heavy atom. The van der Waals surface area contributed by atoms with Gasteiger partial charge in [0.1, 0.15) is 30.0 Å². The SMILES string of the molecule is O=C(c1ccc(COc2ccc(F)cc2)o1)N1CCOC(c2ccccc2)C1. The first kappa shape index (κ1) is 18.3. The molecule has 0 spiro atoms. The molecule has 28 heavy (non-hydrogen) atoms. The highest BCUT2D eigenvalue weighted by molar-refractivity contribution is 5.91. The van der Waals surface area contributed by atoms with Crippen LogP contribution in [0.25, 0.3) is 0 Å². The average molecular weight is 381 g/mol. The van der Waals surface area contributed by atoms with Crippen molar-refractivity contribution >= 4 is 5.91 Å². The molecule has 1 fully saturated rings. The number of rotatable bonds is 5. The van der Waals surface area contributed by atoms with Gasteiger partial charge >= 0.3 is 0 Å². The van der Waals surface area contributed by atoms with E-state index in [1.807, 2.05) is 30.3 Å². The number of ether oxygens (including phenoxy) is 2. The number of hydrogen-bond acceptors (Lipinski definition) is 4. The number of nitrogens with zero attached hydrogens (tertiary/aromatic N) is 1. The zero-order valence-electron chi connectivity index (χ0n) is 15.2. The van der Waals surface area contributed by atoms with Gasteiger partial charge in [0, 0.05) is 6.54 Å². The van der Waals surface area contributed by atoms with Crippen LogP contribution in [0, 0.1) is 5.82 Å². The van der Waals surface area contributed by atoms with Gasteiger partial charge in [-0.25, -0.2) is 4.39 Å². The zero-order chi connectivity index (χ0) is 19.3. The van der Waals surface area contributed by atoms with Gasteiger partial charge in [-0.3, -0.25) is 4.79 Å². The summed E-state index contributed by atoms with van der Waals surface area (Å²) in [7, 11) is 0. The maximum absolute atomic E-state index is 12.9. The highest BCUT2D eigenvalue weighted by atomic mass is 19.1. The van der Waals surface area contributed by atoms with Crippen molar-refractivity contribution in [2.24, 2.45) is 0 Å². The minimum atomic E-state index is -0.322. The van der Waals surface area contributed by atoms with Gasteiger partial charge in [-0.2, -0.15) is 0 Å². The lowest BCUT2D eigenvalue weighted by molar-refractivity contribution is -0.0238. The molecule has 1 saturated heterocycles. The van der Waals surface area contributed by atoms with Crippen LogP contribution in [0.1, 0.15) is 28.0 Å². The van der Waals surface area contributed by atoms with E-state index >= 15 is 0 Å². The summed E-state index contributed by atoms with van der Waals surface area (Å²) in [5.74, 6) is 0.839. The van der Waals surface area contributed by atoms with Gasteiger partial charge in [0.25, 0.3) is 5.91 Å². The predicted molar refractivity (Wildman–Crippen MR) is 100 cm³/mol. The summed E-state index contributed by atoms with van der Waals surface area (Å²) in [6.45, 7) is 1.64. The molecule has 0 N–H and O–H groups in total. The Hall–Kier alpha value is -3.12. The van der Waals surface area contributed by atoms with Gasteiger partial charge < -0.3 is 18.8 Å². The topological polar surface area (TPSA) is 51.9 Å². The van der Waals surface area contributed by atoms with Crippen LogP contribution in [0.3, 0.4) is 0 Å². The molecule has 2 aromatic carbocycles. The number of halogens is 1. The quantitative estimate of drug-likeness (QED) is 0.664. The Labute approximate surface area is 162 Å². The summed E-state index contributed by atoms with van der Waals surface area (Å²) >= 11 is 0. The lowest BCUT2D eigenvalue weighted by Crippen LogP contribution is -2.42. The Balaban J connectivity index is 1.37. The van der Waals surface area contributed by atoms with Crippen LogP contribution < -0.4 is 4.74 Å². The normalized spacial score (nSPS) is 16.8. The predicted octanol–water partition coefficient (Wildman–Crippen LogP) is 4.21. The van der Waals surface area contributed by atoms with Crippen molar-refractivity contribution in [3.05, 3.63) is 89.6 Å². The molecule has 1 amide bonds. The first-order valence-electron chi connectivity index (χ1n) is 9.12. The molecule has 0 radical (unpaired) electrons. The first-order valence-corrected chi connectivity index (χ1v) is 9.12. The highest BCUT2D eigenvalue weighted by Crippen LogP contribution is 2.24. The summed E-state index contributed by atoms with van der Waals surface area (Å²) < 4.78 is 29.9. The number of morpholine rings is 1. The van der Waals surface area contributed by atoms with Crippen LogP contribution in [0.2, 0.25) is 0 Å². The van der Waals surface area contributed by atoms with Gasteiger partial charge in [-0.15, -0.1) is 0 Å². The van der Waals surface area contributed by atoms with Gasteiger partial charge in [0.05, 0.1) is 13.2 Å². The van der Waals surface area contributed by atoms with Crippen LogP contribution >= 0.6 is 0 Å². The molecule has 0 bridgehead atoms. The van der Waals surface area contributed by atoms with Gasteiger partial charge in [0.15, 0.2) is 5.76 Å². The maximum Gasteiger partial charge on any atom is 0.289 e. The molecule has 6 heteroatoms. The van der Waals surface area contributed by atoms with E-state index in [0.29, 0.717) is 31.2 Å². The van der Waals surface area contributed by atoms with Crippen molar-refractivity contribution in [2.75, 3.05) is 19.7 Å². The molecular formula is C22H20FNO4. The molecule has 3 aromatic rings. The number of amides is 1. The second-order valence-electron chi connectivity index (χ2n) is 6.53. The number of hydrogen-bond donors (Lipinski definition) is 0. The van der Waals surface area contributed by atoms with Crippen LogP contribution in [0.4, 0.5) is 4.39 Å². The molecule has 4 rings (SSSR count). The van der Waals surface area contributed by atoms with Crippen molar-refractivity contribution in [1.82, 2.24) is 4.90 Å². The largest absolute Gasteiger partial charge is 0.486 e. The molecule has 5 nitrogen and oxygen atoms in total. The van der Waals surface area contributed by atoms with Crippen molar-refractivity contribution < 1.29 is 23.1 Å². The second kappa shape index (κ2) is 8.27. The maximum atomic E-state index is 12.9. The van der Waals surface area contributed by atoms with E-state index in [0.717, 1.165) is 5.56 Å². The summed E-state index contributed by atoms with van der Waals surface area (Å²) in [4.78, 5) is 14.5. The van der Waals surface area contributed by atoms with E-state index in [2.05, 4.69) is 0 Å². The van der Waals surface area contributed by atoms with Crippen LogP contribution in [-0.4, -0.2) is 30.5 Å². The minimum absolute atomic E-state index is 0.143. The van der Waals surface area contributed by atoms with E-state index < -0.39 is 0 Å². The Morgan fingerprint density at radius 2 is 1.86 bits per heavy atom. The summed E-state index contributed by atoms with van der Waals surface area (Å²) in [6, 6.07) is 19.0. The van der Waals surface area contributed by atoms with E-state index in [1.165, 1.54) is 12.1 Å². The number of carbonyl (C=O) groups is 1. The Kier molecular flexibility index (Phi) is 5.39. The molecule has 1 aromatic heterocycles. The van der Waals surface area contributed by atoms with Gasteiger partial charge in [0.2, 0.25) is 0 Å². The molecular weight excluding hydrogens is 361 g/mol. The van der Waals surface area contributed by atoms with E-state index in [9.17, 15) is 9.18 Å². The second-order valence-corrected chi connectivity index (χ2v) is 6.53. The molecule has 1 atom stereocenters. The molecule has 1 aliphatic rings. The molecule has 0 saturated carbocycles. The summed E-state index contributed by atoms with van der Waals surface area (Å²) in [5, 5.41) is 0. The minimum Gasteiger partial charge on any atom is -0.486 e. The lowest BCUT2D eigenvalue weighted by atomic mass is 10.1. The van der Waals surface area contributed by atoms with Gasteiger partial charge in [-0.05, 0) is 42.0 Å². The highest BCUT2D eigenvalue weighted by Gasteiger charge is 2.27. The Morgan fingerprint density at radius 3 is 2.64 bits per heavy atom. The number of furan rings is 1. The van der Waals surface area contributed by atoms with E-state index in [1.54, 1.807) is 29.2 Å². The fourth-order valence-electron chi connectivity index (χ4n) is 3.11. The monoisotopic (exact) mass is 381 g/mol. The third-order valence-corrected chi connectivity index (χ3v) is 4.59. The average Bonchev–Trinajstić information content (AvgIpc) is 3.23. The van der Waals surface area contributed by atoms with Gasteiger partial charge in [-0.1, -0.05) is 30.3 Å². The fourth-order valence-corrected chi connectivity index (χ4v) is 3.11. The first-order chi connectivity index (χ1) is 13.7. The zero-order valence-corrected chi connectivity index (χ0v) is 15.2. The van der Waals surface area contributed by atoms with Crippen molar-refractivity contribution in [2.45, 2.75) is 12.7 Å². The molecule has 1 unspecified atom stereocenters. The molecule has 0 aliphatic carbocycles. The standard InChI is InChI=1S/C22H20FNO4/c23-17-6-8-18(9-7-17)27-15-19-10-11-20(28-19)22(25)24-12-13-26-21(14-24)16-4-2-1-3-5-16/h1-11,21H,12-15H2. The number of benzene rings is 2. The molecule has 1 aliphatic heterocycles. The van der Waals surface area contributed by atoms with Crippen LogP contribution in [-0.2, 0) is 11.3 Å². The van der Waals surface area contributed by atoms with Crippen molar-refractivity contribution in [1.29, 1.82) is 0 Å². The summed E-state index contributed by atoms with van der Waals surface area (Å²) in [6.07, 6.45) is -0.143. The lowest BCUT2D eigenvalue weighted by Gasteiger charge is -2.32. The van der Waals surface area contributed by atoms with Crippen LogP contribution in [0.5, 0.6) is 5.75 Å². The van der Waals surface area contributed by atoms with Crippen molar-refractivity contribution in [3.63, 3.8) is 0 Å². The Bertz CT molecular complexity index is 923. The molecule has 2 heterocycles. The fraction of sp³-hybridized carbons (Fsp3) is 0.227. The third-order valence-electron chi connectivity index (χ3n) is 4.59. The third kappa shape index (κ3) is 4.23. The summed E-state index contributed by atoms with van der Waals surface area (Å²) in [5.41, 5.74) is 1.05. The van der Waals surface area contributed by atoms with Crippen molar-refractivity contribution in [3.8, 4) is 5.75 Å². The molecule has 144 valence electrons. The smallest absolute Gasteiger partial charge is 0.289 e. The number of carbonyl (C=O) groups excluding carboxylic acids is 1.